The molecule has 0 radical (unpaired) electrons. The molecule has 0 aliphatic heterocycles. The summed E-state index contributed by atoms with van der Waals surface area (Å²) >= 11 is 0. The number of anilines is 2. The van der Waals surface area contributed by atoms with Gasteiger partial charge in [-0.3, -0.25) is 9.89 Å². The van der Waals surface area contributed by atoms with E-state index in [0.717, 1.165) is 18.2 Å². The third-order valence-corrected chi connectivity index (χ3v) is 2.09. The van der Waals surface area contributed by atoms with Crippen molar-refractivity contribution in [3.05, 3.63) is 41.6 Å². The smallest absolute Gasteiger partial charge is 0.261 e. The number of carbonyl (C=O) groups is 1. The van der Waals surface area contributed by atoms with Crippen LogP contribution in [0.5, 0.6) is 0 Å². The van der Waals surface area contributed by atoms with E-state index in [4.69, 9.17) is 5.73 Å². The summed E-state index contributed by atoms with van der Waals surface area (Å²) in [6, 6.07) is 2.75. The van der Waals surface area contributed by atoms with E-state index >= 15 is 0 Å². The number of aromatic amines is 1. The zero-order chi connectivity index (χ0) is 12.4. The summed E-state index contributed by atoms with van der Waals surface area (Å²) in [5.41, 5.74) is 5.23. The molecule has 7 heteroatoms. The van der Waals surface area contributed by atoms with Crippen molar-refractivity contribution in [2.45, 2.75) is 0 Å². The Morgan fingerprint density at radius 1 is 1.41 bits per heavy atom. The summed E-state index contributed by atoms with van der Waals surface area (Å²) in [7, 11) is 0. The fourth-order valence-electron chi connectivity index (χ4n) is 1.26. The minimum atomic E-state index is -0.734. The SMILES string of the molecule is Nc1[nH]ncc1C(=O)Nc1cc(F)ccc1F. The number of aromatic nitrogens is 2. The zero-order valence-electron chi connectivity index (χ0n) is 8.50. The number of carbonyl (C=O) groups excluding carboxylic acids is 1. The molecular weight excluding hydrogens is 230 g/mol. The molecule has 0 atom stereocenters. The van der Waals surface area contributed by atoms with E-state index in [-0.39, 0.29) is 17.1 Å². The first-order valence-corrected chi connectivity index (χ1v) is 4.63. The molecule has 0 aliphatic rings. The summed E-state index contributed by atoms with van der Waals surface area (Å²) in [5.74, 6) is -2.00. The summed E-state index contributed by atoms with van der Waals surface area (Å²) in [5, 5.41) is 8.11. The third kappa shape index (κ3) is 2.22. The van der Waals surface area contributed by atoms with Crippen LogP contribution in [-0.4, -0.2) is 16.1 Å². The molecule has 0 saturated heterocycles. The molecule has 1 aromatic carbocycles. The van der Waals surface area contributed by atoms with Crippen LogP contribution in [0.15, 0.2) is 24.4 Å². The Kier molecular flexibility index (Phi) is 2.73. The van der Waals surface area contributed by atoms with Crippen LogP contribution in [0.3, 0.4) is 0 Å². The number of amides is 1. The molecule has 4 N–H and O–H groups in total. The first-order valence-electron chi connectivity index (χ1n) is 4.63. The van der Waals surface area contributed by atoms with Crippen LogP contribution < -0.4 is 11.1 Å². The van der Waals surface area contributed by atoms with Crippen molar-refractivity contribution in [2.24, 2.45) is 0 Å². The summed E-state index contributed by atoms with van der Waals surface area (Å²) < 4.78 is 26.1. The lowest BCUT2D eigenvalue weighted by Gasteiger charge is -2.05. The van der Waals surface area contributed by atoms with Gasteiger partial charge < -0.3 is 11.1 Å². The molecular formula is C10H8F2N4O. The number of nitrogens with zero attached hydrogens (tertiary/aromatic N) is 1. The topological polar surface area (TPSA) is 83.8 Å². The standard InChI is InChI=1S/C10H8F2N4O/c11-5-1-2-7(12)8(3-5)15-10(17)6-4-14-16-9(6)13/h1-4H,(H,15,17)(H3,13,14,16). The number of nitrogens with one attached hydrogen (secondary N) is 2. The zero-order valence-corrected chi connectivity index (χ0v) is 8.50. The van der Waals surface area contributed by atoms with E-state index in [1.54, 1.807) is 0 Å². The molecule has 0 spiro atoms. The van der Waals surface area contributed by atoms with Crippen LogP contribution in [-0.2, 0) is 0 Å². The predicted octanol–water partition coefficient (Wildman–Crippen LogP) is 1.52. The Labute approximate surface area is 94.6 Å². The molecule has 0 aliphatic carbocycles. The maximum absolute atomic E-state index is 13.2. The molecule has 1 aromatic heterocycles. The van der Waals surface area contributed by atoms with Crippen molar-refractivity contribution in [1.29, 1.82) is 0 Å². The molecule has 88 valence electrons. The lowest BCUT2D eigenvalue weighted by atomic mass is 10.2. The van der Waals surface area contributed by atoms with Crippen LogP contribution >= 0.6 is 0 Å². The lowest BCUT2D eigenvalue weighted by molar-refractivity contribution is 0.102. The normalized spacial score (nSPS) is 10.2. The van der Waals surface area contributed by atoms with Gasteiger partial charge in [0.15, 0.2) is 0 Å². The van der Waals surface area contributed by atoms with Crippen LogP contribution in [0.25, 0.3) is 0 Å². The molecule has 0 fully saturated rings. The predicted molar refractivity (Wildman–Crippen MR) is 57.3 cm³/mol. The first-order chi connectivity index (χ1) is 8.08. The van der Waals surface area contributed by atoms with Gasteiger partial charge in [0.2, 0.25) is 0 Å². The van der Waals surface area contributed by atoms with E-state index in [1.807, 2.05) is 0 Å². The highest BCUT2D eigenvalue weighted by atomic mass is 19.1. The van der Waals surface area contributed by atoms with Crippen molar-refractivity contribution in [3.8, 4) is 0 Å². The number of hydrogen-bond acceptors (Lipinski definition) is 3. The first kappa shape index (κ1) is 11.1. The Hall–Kier alpha value is -2.44. The Morgan fingerprint density at radius 3 is 2.82 bits per heavy atom. The van der Waals surface area contributed by atoms with Crippen LogP contribution in [0.1, 0.15) is 10.4 Å². The van der Waals surface area contributed by atoms with Gasteiger partial charge in [0.05, 0.1) is 11.9 Å². The van der Waals surface area contributed by atoms with E-state index in [1.165, 1.54) is 6.20 Å². The average molecular weight is 238 g/mol. The second-order valence-corrected chi connectivity index (χ2v) is 3.28. The molecule has 1 amide bonds. The number of rotatable bonds is 2. The van der Waals surface area contributed by atoms with Gasteiger partial charge in [-0.25, -0.2) is 8.78 Å². The van der Waals surface area contributed by atoms with Crippen LogP contribution in [0.4, 0.5) is 20.3 Å². The van der Waals surface area contributed by atoms with Crippen LogP contribution in [0.2, 0.25) is 0 Å². The molecule has 5 nitrogen and oxygen atoms in total. The highest BCUT2D eigenvalue weighted by Gasteiger charge is 2.14. The maximum atomic E-state index is 13.2. The quantitative estimate of drug-likeness (QED) is 0.741. The van der Waals surface area contributed by atoms with E-state index in [0.29, 0.717) is 0 Å². The number of nitrogens with two attached hydrogens (primary N) is 1. The second-order valence-electron chi connectivity index (χ2n) is 3.28. The second kappa shape index (κ2) is 4.20. The van der Waals surface area contributed by atoms with Gasteiger partial charge in [0.1, 0.15) is 23.0 Å². The maximum Gasteiger partial charge on any atom is 0.261 e. The highest BCUT2D eigenvalue weighted by molar-refractivity contribution is 6.07. The molecule has 0 saturated carbocycles. The Morgan fingerprint density at radius 2 is 2.18 bits per heavy atom. The van der Waals surface area contributed by atoms with Crippen molar-refractivity contribution >= 4 is 17.4 Å². The molecule has 0 unspecified atom stereocenters. The van der Waals surface area contributed by atoms with Gasteiger partial charge >= 0.3 is 0 Å². The largest absolute Gasteiger partial charge is 0.383 e. The Balaban J connectivity index is 2.24. The number of nitrogen functional groups attached to an aromatic ring is 1. The van der Waals surface area contributed by atoms with Crippen molar-refractivity contribution in [1.82, 2.24) is 10.2 Å². The number of benzene rings is 1. The van der Waals surface area contributed by atoms with Crippen LogP contribution in [0, 0.1) is 11.6 Å². The fraction of sp³-hybridized carbons (Fsp3) is 0. The van der Waals surface area contributed by atoms with Gasteiger partial charge in [-0.1, -0.05) is 0 Å². The average Bonchev–Trinajstić information content (AvgIpc) is 2.70. The molecule has 1 heterocycles. The van der Waals surface area contributed by atoms with Crippen molar-refractivity contribution in [2.75, 3.05) is 11.1 Å². The van der Waals surface area contributed by atoms with Crippen molar-refractivity contribution < 1.29 is 13.6 Å². The van der Waals surface area contributed by atoms with Gasteiger partial charge in [0.25, 0.3) is 5.91 Å². The summed E-state index contributed by atoms with van der Waals surface area (Å²) in [4.78, 5) is 11.6. The van der Waals surface area contributed by atoms with E-state index in [2.05, 4.69) is 15.5 Å². The fourth-order valence-corrected chi connectivity index (χ4v) is 1.26. The van der Waals surface area contributed by atoms with E-state index < -0.39 is 17.5 Å². The molecule has 0 bridgehead atoms. The monoisotopic (exact) mass is 238 g/mol. The molecule has 2 rings (SSSR count). The van der Waals surface area contributed by atoms with Gasteiger partial charge in [-0.15, -0.1) is 0 Å². The van der Waals surface area contributed by atoms with E-state index in [9.17, 15) is 13.6 Å². The third-order valence-electron chi connectivity index (χ3n) is 2.09. The highest BCUT2D eigenvalue weighted by Crippen LogP contribution is 2.17. The molecule has 2 aromatic rings. The van der Waals surface area contributed by atoms with Gasteiger partial charge in [0, 0.05) is 6.07 Å². The number of H-pyrrole nitrogens is 1. The summed E-state index contributed by atoms with van der Waals surface area (Å²) in [6.07, 6.45) is 1.20. The van der Waals surface area contributed by atoms with Gasteiger partial charge in [-0.05, 0) is 12.1 Å². The minimum Gasteiger partial charge on any atom is -0.383 e. The van der Waals surface area contributed by atoms with Gasteiger partial charge in [-0.2, -0.15) is 5.10 Å². The molecule has 17 heavy (non-hydrogen) atoms. The van der Waals surface area contributed by atoms with Crippen molar-refractivity contribution in [3.63, 3.8) is 0 Å². The lowest BCUT2D eigenvalue weighted by Crippen LogP contribution is -2.14. The Bertz CT molecular complexity index is 567. The number of halogens is 2. The summed E-state index contributed by atoms with van der Waals surface area (Å²) in [6.45, 7) is 0. The number of hydrogen-bond donors (Lipinski definition) is 3. The minimum absolute atomic E-state index is 0.0549.